The quantitative estimate of drug-likeness (QED) is 0.352. The minimum atomic E-state index is -2.05. The van der Waals surface area contributed by atoms with E-state index in [0.29, 0.717) is 31.0 Å². The van der Waals surface area contributed by atoms with Crippen LogP contribution < -0.4 is 9.04 Å². The van der Waals surface area contributed by atoms with Gasteiger partial charge >= 0.3 is 5.97 Å². The first-order valence-corrected chi connectivity index (χ1v) is 9.33. The van der Waals surface area contributed by atoms with Crippen LogP contribution in [0.25, 0.3) is 0 Å². The Labute approximate surface area is 146 Å². The van der Waals surface area contributed by atoms with Crippen LogP contribution in [0.1, 0.15) is 45.4 Å². The molecule has 136 valence electrons. The van der Waals surface area contributed by atoms with Crippen molar-refractivity contribution in [3.8, 4) is 5.75 Å². The van der Waals surface area contributed by atoms with Gasteiger partial charge in [-0.05, 0) is 44.0 Å². The van der Waals surface area contributed by atoms with Crippen molar-refractivity contribution in [3.05, 3.63) is 24.3 Å². The number of hydrogen-bond acceptors (Lipinski definition) is 4. The topological polar surface area (TPSA) is 76.1 Å². The van der Waals surface area contributed by atoms with Crippen LogP contribution in [0, 0.1) is 0 Å². The summed E-state index contributed by atoms with van der Waals surface area (Å²) in [5, 5.41) is 0. The molecule has 0 saturated carbocycles. The lowest BCUT2D eigenvalue weighted by Gasteiger charge is -2.20. The molecule has 0 fully saturated rings. The number of esters is 1. The molecule has 1 N–H and O–H groups in total. The monoisotopic (exact) mass is 357 g/mol. The van der Waals surface area contributed by atoms with Gasteiger partial charge < -0.3 is 9.47 Å². The SMILES string of the molecule is CCOC(=O)CCCCCCCN(c1ccc(OC)cc1)S(=O)O. The van der Waals surface area contributed by atoms with Crippen LogP contribution >= 0.6 is 0 Å². The van der Waals surface area contributed by atoms with Gasteiger partial charge in [0.25, 0.3) is 11.3 Å². The van der Waals surface area contributed by atoms with Crippen molar-refractivity contribution in [2.24, 2.45) is 0 Å². The molecule has 0 amide bonds. The Hall–Kier alpha value is -1.60. The van der Waals surface area contributed by atoms with Crippen LogP contribution in [0.2, 0.25) is 0 Å². The highest BCUT2D eigenvalue weighted by atomic mass is 32.2. The molecule has 0 bridgehead atoms. The molecular formula is C17H27NO5S. The zero-order valence-electron chi connectivity index (χ0n) is 14.4. The van der Waals surface area contributed by atoms with Crippen molar-refractivity contribution in [2.75, 3.05) is 24.6 Å². The summed E-state index contributed by atoms with van der Waals surface area (Å²) in [4.78, 5) is 11.2. The molecule has 1 atom stereocenters. The highest BCUT2D eigenvalue weighted by Crippen LogP contribution is 2.21. The lowest BCUT2D eigenvalue weighted by molar-refractivity contribution is -0.143. The van der Waals surface area contributed by atoms with E-state index in [9.17, 15) is 13.6 Å². The summed E-state index contributed by atoms with van der Waals surface area (Å²) in [5.41, 5.74) is 0.693. The number of benzene rings is 1. The lowest BCUT2D eigenvalue weighted by atomic mass is 10.1. The van der Waals surface area contributed by atoms with Gasteiger partial charge in [0.1, 0.15) is 5.75 Å². The summed E-state index contributed by atoms with van der Waals surface area (Å²) >= 11 is -2.05. The number of nitrogens with zero attached hydrogens (tertiary/aromatic N) is 1. The average molecular weight is 357 g/mol. The molecule has 1 rings (SSSR count). The maximum Gasteiger partial charge on any atom is 0.305 e. The van der Waals surface area contributed by atoms with E-state index in [2.05, 4.69) is 0 Å². The Kier molecular flexibility index (Phi) is 10.1. The highest BCUT2D eigenvalue weighted by Gasteiger charge is 2.12. The summed E-state index contributed by atoms with van der Waals surface area (Å²) in [6.07, 6.45) is 5.02. The first-order chi connectivity index (χ1) is 11.6. The van der Waals surface area contributed by atoms with Crippen molar-refractivity contribution >= 4 is 22.9 Å². The largest absolute Gasteiger partial charge is 0.497 e. The summed E-state index contributed by atoms with van der Waals surface area (Å²) in [5.74, 6) is 0.572. The number of unbranched alkanes of at least 4 members (excludes halogenated alkanes) is 4. The van der Waals surface area contributed by atoms with Crippen LogP contribution in [0.3, 0.4) is 0 Å². The van der Waals surface area contributed by atoms with Crippen molar-refractivity contribution < 1.29 is 23.0 Å². The third-order valence-electron chi connectivity index (χ3n) is 3.60. The molecule has 0 spiro atoms. The van der Waals surface area contributed by atoms with Gasteiger partial charge in [-0.15, -0.1) is 0 Å². The molecule has 24 heavy (non-hydrogen) atoms. The van der Waals surface area contributed by atoms with Crippen LogP contribution in [-0.4, -0.2) is 35.0 Å². The highest BCUT2D eigenvalue weighted by molar-refractivity contribution is 7.80. The van der Waals surface area contributed by atoms with E-state index in [1.807, 2.05) is 0 Å². The van der Waals surface area contributed by atoms with E-state index in [0.717, 1.165) is 32.1 Å². The molecule has 7 heteroatoms. The first-order valence-electron chi connectivity index (χ1n) is 8.26. The van der Waals surface area contributed by atoms with Gasteiger partial charge in [0.2, 0.25) is 0 Å². The standard InChI is InChI=1S/C17H27NO5S/c1-3-23-17(19)9-7-5-4-6-8-14-18(24(20)21)15-10-12-16(22-2)13-11-15/h10-13H,3-9,14H2,1-2H3,(H,20,21). The van der Waals surface area contributed by atoms with Crippen LogP contribution in [0.4, 0.5) is 5.69 Å². The normalized spacial score (nSPS) is 11.8. The Morgan fingerprint density at radius 3 is 2.33 bits per heavy atom. The molecule has 0 aromatic heterocycles. The predicted molar refractivity (Wildman–Crippen MR) is 95.4 cm³/mol. The molecule has 1 aromatic carbocycles. The number of carbonyl (C=O) groups is 1. The van der Waals surface area contributed by atoms with Gasteiger partial charge in [0.15, 0.2) is 0 Å². The Morgan fingerprint density at radius 1 is 1.12 bits per heavy atom. The fourth-order valence-electron chi connectivity index (χ4n) is 2.33. The summed E-state index contributed by atoms with van der Waals surface area (Å²) < 4.78 is 32.4. The molecule has 0 aliphatic heterocycles. The van der Waals surface area contributed by atoms with Crippen molar-refractivity contribution in [3.63, 3.8) is 0 Å². The van der Waals surface area contributed by atoms with E-state index in [-0.39, 0.29) is 5.97 Å². The second-order valence-electron chi connectivity index (χ2n) is 5.35. The molecule has 1 aromatic rings. The minimum absolute atomic E-state index is 0.140. The molecule has 0 saturated heterocycles. The number of methoxy groups -OCH3 is 1. The minimum Gasteiger partial charge on any atom is -0.497 e. The molecular weight excluding hydrogens is 330 g/mol. The maximum atomic E-state index is 11.5. The smallest absolute Gasteiger partial charge is 0.305 e. The van der Waals surface area contributed by atoms with E-state index in [4.69, 9.17) is 9.47 Å². The fourth-order valence-corrected chi connectivity index (χ4v) is 2.92. The number of hydrogen-bond donors (Lipinski definition) is 1. The predicted octanol–water partition coefficient (Wildman–Crippen LogP) is 3.54. The second-order valence-corrected chi connectivity index (χ2v) is 6.26. The van der Waals surface area contributed by atoms with Gasteiger partial charge in [-0.25, -0.2) is 4.21 Å². The summed E-state index contributed by atoms with van der Waals surface area (Å²) in [6.45, 7) is 2.74. The number of anilines is 1. The van der Waals surface area contributed by atoms with Gasteiger partial charge in [0.05, 0.1) is 19.4 Å². The Balaban J connectivity index is 2.27. The first kappa shape index (κ1) is 20.4. The van der Waals surface area contributed by atoms with Crippen molar-refractivity contribution in [1.29, 1.82) is 0 Å². The van der Waals surface area contributed by atoms with Crippen molar-refractivity contribution in [2.45, 2.75) is 45.4 Å². The molecule has 6 nitrogen and oxygen atoms in total. The number of rotatable bonds is 12. The van der Waals surface area contributed by atoms with Gasteiger partial charge in [0, 0.05) is 13.0 Å². The van der Waals surface area contributed by atoms with E-state index in [1.54, 1.807) is 38.3 Å². The van der Waals surface area contributed by atoms with Crippen LogP contribution in [0.15, 0.2) is 24.3 Å². The molecule has 0 heterocycles. The molecule has 0 aliphatic carbocycles. The lowest BCUT2D eigenvalue weighted by Crippen LogP contribution is -2.26. The number of carbonyl (C=O) groups excluding carboxylic acids is 1. The van der Waals surface area contributed by atoms with E-state index < -0.39 is 11.3 Å². The average Bonchev–Trinajstić information content (AvgIpc) is 2.57. The van der Waals surface area contributed by atoms with Gasteiger partial charge in [-0.1, -0.05) is 19.3 Å². The van der Waals surface area contributed by atoms with Gasteiger partial charge in [-0.3, -0.25) is 13.7 Å². The summed E-state index contributed by atoms with van der Waals surface area (Å²) in [7, 11) is 1.58. The molecule has 0 radical (unpaired) electrons. The fraction of sp³-hybridized carbons (Fsp3) is 0.588. The number of ether oxygens (including phenoxy) is 2. The van der Waals surface area contributed by atoms with E-state index in [1.165, 1.54) is 4.31 Å². The second kappa shape index (κ2) is 11.9. The molecule has 1 unspecified atom stereocenters. The Morgan fingerprint density at radius 2 is 1.75 bits per heavy atom. The Bertz CT molecular complexity index is 506. The third-order valence-corrected chi connectivity index (χ3v) is 4.37. The van der Waals surface area contributed by atoms with Crippen LogP contribution in [-0.2, 0) is 20.8 Å². The molecule has 0 aliphatic rings. The van der Waals surface area contributed by atoms with Crippen molar-refractivity contribution in [1.82, 2.24) is 0 Å². The van der Waals surface area contributed by atoms with Gasteiger partial charge in [-0.2, -0.15) is 0 Å². The zero-order valence-corrected chi connectivity index (χ0v) is 15.2. The van der Waals surface area contributed by atoms with Crippen LogP contribution in [0.5, 0.6) is 5.75 Å². The third kappa shape index (κ3) is 7.79. The summed E-state index contributed by atoms with van der Waals surface area (Å²) in [6, 6.07) is 7.08. The maximum absolute atomic E-state index is 11.5. The van der Waals surface area contributed by atoms with E-state index >= 15 is 0 Å². The zero-order chi connectivity index (χ0) is 17.8.